The Morgan fingerprint density at radius 3 is 3.05 bits per heavy atom. The van der Waals surface area contributed by atoms with E-state index in [1.165, 1.54) is 26.4 Å². The molecule has 0 spiro atoms. The van der Waals surface area contributed by atoms with Crippen LogP contribution in [0.3, 0.4) is 0 Å². The molecule has 4 heteroatoms. The summed E-state index contributed by atoms with van der Waals surface area (Å²) in [5, 5.41) is 3.44. The smallest absolute Gasteiger partial charge is 0.337 e. The molecule has 110 valence electrons. The van der Waals surface area contributed by atoms with Crippen LogP contribution in [-0.2, 0) is 11.3 Å². The average molecular weight is 276 g/mol. The summed E-state index contributed by atoms with van der Waals surface area (Å²) in [6.45, 7) is 3.09. The SMILES string of the molecule is COC(=O)c1cccc(CN(C)C2CCCNCC2)c1. The fourth-order valence-corrected chi connectivity index (χ4v) is 2.77. The van der Waals surface area contributed by atoms with E-state index < -0.39 is 0 Å². The van der Waals surface area contributed by atoms with Gasteiger partial charge < -0.3 is 10.1 Å². The first-order chi connectivity index (χ1) is 9.70. The molecule has 0 saturated carbocycles. The highest BCUT2D eigenvalue weighted by Crippen LogP contribution is 2.16. The Kier molecular flexibility index (Phi) is 5.56. The van der Waals surface area contributed by atoms with Crippen LogP contribution in [0.4, 0.5) is 0 Å². The van der Waals surface area contributed by atoms with Crippen LogP contribution in [0.25, 0.3) is 0 Å². The van der Waals surface area contributed by atoms with Crippen LogP contribution >= 0.6 is 0 Å². The Labute approximate surface area is 121 Å². The molecule has 4 nitrogen and oxygen atoms in total. The quantitative estimate of drug-likeness (QED) is 0.855. The summed E-state index contributed by atoms with van der Waals surface area (Å²) in [6, 6.07) is 8.33. The zero-order valence-electron chi connectivity index (χ0n) is 12.4. The van der Waals surface area contributed by atoms with E-state index in [9.17, 15) is 4.79 Å². The van der Waals surface area contributed by atoms with Gasteiger partial charge in [0.1, 0.15) is 0 Å². The van der Waals surface area contributed by atoms with E-state index in [1.807, 2.05) is 12.1 Å². The van der Waals surface area contributed by atoms with Gasteiger partial charge in [0.2, 0.25) is 0 Å². The minimum atomic E-state index is -0.270. The lowest BCUT2D eigenvalue weighted by Crippen LogP contribution is -2.32. The molecule has 1 N–H and O–H groups in total. The van der Waals surface area contributed by atoms with Gasteiger partial charge in [0.15, 0.2) is 0 Å². The molecule has 1 unspecified atom stereocenters. The van der Waals surface area contributed by atoms with Crippen LogP contribution in [0, 0.1) is 0 Å². The minimum Gasteiger partial charge on any atom is -0.465 e. The van der Waals surface area contributed by atoms with Crippen molar-refractivity contribution in [1.82, 2.24) is 10.2 Å². The van der Waals surface area contributed by atoms with Crippen LogP contribution in [-0.4, -0.2) is 44.2 Å². The average Bonchev–Trinajstić information content (AvgIpc) is 2.76. The second-order valence-corrected chi connectivity index (χ2v) is 5.44. The molecule has 2 rings (SSSR count). The highest BCUT2D eigenvalue weighted by molar-refractivity contribution is 5.89. The highest BCUT2D eigenvalue weighted by atomic mass is 16.5. The topological polar surface area (TPSA) is 41.6 Å². The Bertz CT molecular complexity index is 440. The summed E-state index contributed by atoms with van der Waals surface area (Å²) >= 11 is 0. The maximum absolute atomic E-state index is 11.6. The zero-order valence-corrected chi connectivity index (χ0v) is 12.4. The normalized spacial score (nSPS) is 19.6. The lowest BCUT2D eigenvalue weighted by Gasteiger charge is -2.27. The molecule has 0 aliphatic carbocycles. The van der Waals surface area contributed by atoms with Gasteiger partial charge in [0.25, 0.3) is 0 Å². The minimum absolute atomic E-state index is 0.270. The van der Waals surface area contributed by atoms with Crippen molar-refractivity contribution in [2.24, 2.45) is 0 Å². The van der Waals surface area contributed by atoms with Crippen molar-refractivity contribution < 1.29 is 9.53 Å². The van der Waals surface area contributed by atoms with Gasteiger partial charge in [0, 0.05) is 12.6 Å². The monoisotopic (exact) mass is 276 g/mol. The Morgan fingerprint density at radius 1 is 1.40 bits per heavy atom. The van der Waals surface area contributed by atoms with Crippen molar-refractivity contribution >= 4 is 5.97 Å². The number of nitrogens with zero attached hydrogens (tertiary/aromatic N) is 1. The molecule has 1 aliphatic heterocycles. The van der Waals surface area contributed by atoms with E-state index in [0.717, 1.165) is 25.2 Å². The molecule has 1 atom stereocenters. The molecule has 1 aromatic carbocycles. The summed E-state index contributed by atoms with van der Waals surface area (Å²) in [5.41, 5.74) is 1.79. The van der Waals surface area contributed by atoms with Crippen LogP contribution in [0.5, 0.6) is 0 Å². The first-order valence-electron chi connectivity index (χ1n) is 7.29. The van der Waals surface area contributed by atoms with Crippen molar-refractivity contribution in [2.45, 2.75) is 31.8 Å². The third-order valence-corrected chi connectivity index (χ3v) is 3.95. The molecule has 1 fully saturated rings. The summed E-state index contributed by atoms with van der Waals surface area (Å²) in [4.78, 5) is 13.9. The van der Waals surface area contributed by atoms with Gasteiger partial charge in [-0.05, 0) is 57.1 Å². The molecular weight excluding hydrogens is 252 g/mol. The number of benzene rings is 1. The van der Waals surface area contributed by atoms with Gasteiger partial charge in [-0.1, -0.05) is 12.1 Å². The van der Waals surface area contributed by atoms with Gasteiger partial charge in [-0.15, -0.1) is 0 Å². The van der Waals surface area contributed by atoms with Gasteiger partial charge in [-0.3, -0.25) is 4.90 Å². The predicted molar refractivity (Wildman–Crippen MR) is 79.8 cm³/mol. The Balaban J connectivity index is 1.99. The van der Waals surface area contributed by atoms with Crippen molar-refractivity contribution in [3.63, 3.8) is 0 Å². The number of methoxy groups -OCH3 is 1. The summed E-state index contributed by atoms with van der Waals surface area (Å²) < 4.78 is 4.77. The number of ether oxygens (including phenoxy) is 1. The summed E-state index contributed by atoms with van der Waals surface area (Å²) in [5.74, 6) is -0.270. The van der Waals surface area contributed by atoms with E-state index in [0.29, 0.717) is 11.6 Å². The number of hydrogen-bond acceptors (Lipinski definition) is 4. The largest absolute Gasteiger partial charge is 0.465 e. The standard InChI is InChI=1S/C16H24N2O2/c1-18(15-7-4-9-17-10-8-15)12-13-5-3-6-14(11-13)16(19)20-2/h3,5-6,11,15,17H,4,7-10,12H2,1-2H3. The molecule has 0 aromatic heterocycles. The number of carbonyl (C=O) groups is 1. The third kappa shape index (κ3) is 4.05. The maximum Gasteiger partial charge on any atom is 0.337 e. The van der Waals surface area contributed by atoms with Crippen molar-refractivity contribution in [2.75, 3.05) is 27.2 Å². The van der Waals surface area contributed by atoms with Crippen molar-refractivity contribution in [3.05, 3.63) is 35.4 Å². The molecule has 0 amide bonds. The van der Waals surface area contributed by atoms with Crippen LogP contribution in [0.1, 0.15) is 35.2 Å². The van der Waals surface area contributed by atoms with Gasteiger partial charge in [-0.2, -0.15) is 0 Å². The first-order valence-corrected chi connectivity index (χ1v) is 7.29. The molecule has 1 aromatic rings. The second kappa shape index (κ2) is 7.41. The Morgan fingerprint density at radius 2 is 2.25 bits per heavy atom. The van der Waals surface area contributed by atoms with Gasteiger partial charge >= 0.3 is 5.97 Å². The van der Waals surface area contributed by atoms with Crippen LogP contribution in [0.2, 0.25) is 0 Å². The lowest BCUT2D eigenvalue weighted by atomic mass is 10.1. The number of nitrogens with one attached hydrogen (secondary N) is 1. The summed E-state index contributed by atoms with van der Waals surface area (Å²) in [7, 11) is 3.58. The van der Waals surface area contributed by atoms with Gasteiger partial charge in [0.05, 0.1) is 12.7 Å². The van der Waals surface area contributed by atoms with Gasteiger partial charge in [-0.25, -0.2) is 4.79 Å². The lowest BCUT2D eigenvalue weighted by molar-refractivity contribution is 0.0600. The van der Waals surface area contributed by atoms with Crippen molar-refractivity contribution in [3.8, 4) is 0 Å². The second-order valence-electron chi connectivity index (χ2n) is 5.44. The fourth-order valence-electron chi connectivity index (χ4n) is 2.77. The number of carbonyl (C=O) groups excluding carboxylic acids is 1. The van der Waals surface area contributed by atoms with Crippen LogP contribution < -0.4 is 5.32 Å². The van der Waals surface area contributed by atoms with E-state index in [1.54, 1.807) is 6.07 Å². The zero-order chi connectivity index (χ0) is 14.4. The van der Waals surface area contributed by atoms with Crippen molar-refractivity contribution in [1.29, 1.82) is 0 Å². The predicted octanol–water partition coefficient (Wildman–Crippen LogP) is 2.05. The maximum atomic E-state index is 11.6. The molecular formula is C16H24N2O2. The molecule has 20 heavy (non-hydrogen) atoms. The molecule has 0 radical (unpaired) electrons. The Hall–Kier alpha value is -1.39. The summed E-state index contributed by atoms with van der Waals surface area (Å²) in [6.07, 6.45) is 3.66. The van der Waals surface area contributed by atoms with E-state index in [-0.39, 0.29) is 5.97 Å². The number of rotatable bonds is 4. The van der Waals surface area contributed by atoms with E-state index in [2.05, 4.69) is 23.3 Å². The van der Waals surface area contributed by atoms with E-state index in [4.69, 9.17) is 4.74 Å². The fraction of sp³-hybridized carbons (Fsp3) is 0.562. The number of esters is 1. The van der Waals surface area contributed by atoms with E-state index >= 15 is 0 Å². The van der Waals surface area contributed by atoms with Crippen LogP contribution in [0.15, 0.2) is 24.3 Å². The number of hydrogen-bond donors (Lipinski definition) is 1. The molecule has 0 bridgehead atoms. The molecule has 1 aliphatic rings. The highest BCUT2D eigenvalue weighted by Gasteiger charge is 2.17. The first kappa shape index (κ1) is 15.0. The third-order valence-electron chi connectivity index (χ3n) is 3.95. The molecule has 1 heterocycles. The molecule has 1 saturated heterocycles.